The summed E-state index contributed by atoms with van der Waals surface area (Å²) in [5, 5.41) is 13.4. The Morgan fingerprint density at radius 2 is 1.74 bits per heavy atom. The van der Waals surface area contributed by atoms with E-state index in [9.17, 15) is 22.6 Å². The van der Waals surface area contributed by atoms with Crippen molar-refractivity contribution >= 4 is 50.7 Å². The van der Waals surface area contributed by atoms with Crippen molar-refractivity contribution in [2.24, 2.45) is 15.3 Å². The van der Waals surface area contributed by atoms with Crippen molar-refractivity contribution < 1.29 is 27.3 Å². The molecule has 10 nitrogen and oxygen atoms in total. The van der Waals surface area contributed by atoms with Gasteiger partial charge in [0, 0.05) is 0 Å². The third kappa shape index (κ3) is 8.42. The van der Waals surface area contributed by atoms with Crippen molar-refractivity contribution in [3.8, 4) is 0 Å². The standard InChI is InChI=1S/C27H33ClN4O6S/c1-3-4-5-6-7-8-9-12-17-38-27(34)21-13-10-11-14-23(21)29-30-25-19(2)31-32(26(25)33)24-18-20(39(35,36)37)15-16-22(24)28/h10-11,13-16,18,25H,3-9,12,17H2,1-2H3,(H,35,36,37). The third-order valence-corrected chi connectivity index (χ3v) is 7.34. The zero-order chi connectivity index (χ0) is 28.4. The molecule has 1 N–H and O–H groups in total. The molecule has 1 atom stereocenters. The highest BCUT2D eigenvalue weighted by atomic mass is 35.5. The lowest BCUT2D eigenvalue weighted by atomic mass is 10.1. The molecule has 0 fully saturated rings. The molecule has 1 unspecified atom stereocenters. The topological polar surface area (TPSA) is 138 Å². The van der Waals surface area contributed by atoms with Crippen LogP contribution in [0, 0.1) is 0 Å². The molecule has 0 spiro atoms. The van der Waals surface area contributed by atoms with Crippen molar-refractivity contribution in [1.82, 2.24) is 0 Å². The van der Waals surface area contributed by atoms with Crippen LogP contribution in [0.2, 0.25) is 5.02 Å². The van der Waals surface area contributed by atoms with E-state index in [0.717, 1.165) is 36.4 Å². The first-order chi connectivity index (χ1) is 18.6. The molecule has 0 radical (unpaired) electrons. The normalized spacial score (nSPS) is 15.7. The second-order valence-corrected chi connectivity index (χ2v) is 11.1. The predicted molar refractivity (Wildman–Crippen MR) is 150 cm³/mol. The second kappa shape index (κ2) is 14.3. The van der Waals surface area contributed by atoms with E-state index in [0.29, 0.717) is 6.61 Å². The van der Waals surface area contributed by atoms with E-state index in [1.165, 1.54) is 38.2 Å². The molecule has 1 aliphatic heterocycles. The third-order valence-electron chi connectivity index (χ3n) is 6.18. The van der Waals surface area contributed by atoms with Gasteiger partial charge in [0.1, 0.15) is 0 Å². The molecule has 2 aromatic rings. The number of hydrogen-bond donors (Lipinski definition) is 1. The van der Waals surface area contributed by atoms with Crippen molar-refractivity contribution in [3.63, 3.8) is 0 Å². The van der Waals surface area contributed by atoms with Gasteiger partial charge in [-0.1, -0.05) is 75.6 Å². The number of carbonyl (C=O) groups is 2. The van der Waals surface area contributed by atoms with Gasteiger partial charge in [-0.2, -0.15) is 28.8 Å². The van der Waals surface area contributed by atoms with Crippen molar-refractivity contribution in [1.29, 1.82) is 0 Å². The number of azo groups is 1. The number of unbranched alkanes of at least 4 members (excludes halogenated alkanes) is 7. The van der Waals surface area contributed by atoms with Gasteiger partial charge < -0.3 is 4.74 Å². The number of halogens is 1. The van der Waals surface area contributed by atoms with E-state index >= 15 is 0 Å². The average molecular weight is 577 g/mol. The maximum absolute atomic E-state index is 13.1. The van der Waals surface area contributed by atoms with Crippen LogP contribution < -0.4 is 5.01 Å². The quantitative estimate of drug-likeness (QED) is 0.114. The van der Waals surface area contributed by atoms with E-state index in [4.69, 9.17) is 16.3 Å². The summed E-state index contributed by atoms with van der Waals surface area (Å²) in [5.41, 5.74) is 0.719. The second-order valence-electron chi connectivity index (χ2n) is 9.23. The summed E-state index contributed by atoms with van der Waals surface area (Å²) in [6.07, 6.45) is 9.09. The first-order valence-electron chi connectivity index (χ1n) is 13.0. The zero-order valence-electron chi connectivity index (χ0n) is 22.0. The van der Waals surface area contributed by atoms with Gasteiger partial charge in [0.05, 0.1) is 39.2 Å². The molecule has 1 heterocycles. The Hall–Kier alpha value is -3.15. The Labute approximate surface area is 233 Å². The predicted octanol–water partition coefficient (Wildman–Crippen LogP) is 6.76. The minimum absolute atomic E-state index is 0.0289. The molecule has 0 bridgehead atoms. The Balaban J connectivity index is 1.62. The number of amides is 1. The summed E-state index contributed by atoms with van der Waals surface area (Å²) >= 11 is 6.17. The summed E-state index contributed by atoms with van der Waals surface area (Å²) in [6.45, 7) is 4.07. The fourth-order valence-corrected chi connectivity index (χ4v) is 4.71. The molecule has 0 saturated carbocycles. The van der Waals surface area contributed by atoms with Gasteiger partial charge in [0.25, 0.3) is 16.0 Å². The summed E-state index contributed by atoms with van der Waals surface area (Å²) < 4.78 is 37.8. The Bertz CT molecular complexity index is 1350. The van der Waals surface area contributed by atoms with E-state index in [-0.39, 0.29) is 27.7 Å². The fraction of sp³-hybridized carbons (Fsp3) is 0.444. The lowest BCUT2D eigenvalue weighted by Crippen LogP contribution is -2.30. The van der Waals surface area contributed by atoms with Gasteiger partial charge in [-0.3, -0.25) is 9.35 Å². The highest BCUT2D eigenvalue weighted by molar-refractivity contribution is 7.85. The molecular formula is C27H33ClN4O6S. The Morgan fingerprint density at radius 1 is 1.08 bits per heavy atom. The number of nitrogens with zero attached hydrogens (tertiary/aromatic N) is 4. The minimum Gasteiger partial charge on any atom is -0.462 e. The molecule has 3 rings (SSSR count). The zero-order valence-corrected chi connectivity index (χ0v) is 23.6. The summed E-state index contributed by atoms with van der Waals surface area (Å²) in [6, 6.07) is 8.82. The lowest BCUT2D eigenvalue weighted by Gasteiger charge is -2.15. The number of rotatable bonds is 14. The minimum atomic E-state index is -4.52. The number of hydrazone groups is 1. The van der Waals surface area contributed by atoms with E-state index < -0.39 is 32.9 Å². The van der Waals surface area contributed by atoms with Crippen LogP contribution >= 0.6 is 11.6 Å². The molecule has 2 aromatic carbocycles. The average Bonchev–Trinajstić information content (AvgIpc) is 3.18. The molecule has 0 aromatic heterocycles. The first kappa shape index (κ1) is 30.4. The maximum atomic E-state index is 13.1. The van der Waals surface area contributed by atoms with Gasteiger partial charge in [-0.05, 0) is 43.7 Å². The van der Waals surface area contributed by atoms with Crippen molar-refractivity contribution in [3.05, 3.63) is 53.1 Å². The number of hydrogen-bond acceptors (Lipinski definition) is 8. The molecule has 0 saturated heterocycles. The highest BCUT2D eigenvalue weighted by Gasteiger charge is 2.36. The maximum Gasteiger partial charge on any atom is 0.340 e. The van der Waals surface area contributed by atoms with Crippen LogP contribution in [0.1, 0.15) is 75.6 Å². The van der Waals surface area contributed by atoms with Gasteiger partial charge >= 0.3 is 5.97 Å². The van der Waals surface area contributed by atoms with Gasteiger partial charge in [0.2, 0.25) is 0 Å². The van der Waals surface area contributed by atoms with Gasteiger partial charge in [0.15, 0.2) is 6.04 Å². The monoisotopic (exact) mass is 576 g/mol. The number of benzene rings is 2. The SMILES string of the molecule is CCCCCCCCCCOC(=O)c1ccccc1N=NC1C(=O)N(c2cc(S(=O)(=O)O)ccc2Cl)N=C1C. The smallest absolute Gasteiger partial charge is 0.340 e. The van der Waals surface area contributed by atoms with Crippen LogP contribution in [-0.2, 0) is 19.6 Å². The van der Waals surface area contributed by atoms with Gasteiger partial charge in [-0.25, -0.2) is 4.79 Å². The van der Waals surface area contributed by atoms with Crippen LogP contribution in [0.4, 0.5) is 11.4 Å². The van der Waals surface area contributed by atoms with Crippen LogP contribution in [0.5, 0.6) is 0 Å². The van der Waals surface area contributed by atoms with E-state index in [1.807, 2.05) is 0 Å². The highest BCUT2D eigenvalue weighted by Crippen LogP contribution is 2.32. The first-order valence-corrected chi connectivity index (χ1v) is 14.8. The molecule has 12 heteroatoms. The van der Waals surface area contributed by atoms with Crippen LogP contribution in [0.25, 0.3) is 0 Å². The number of esters is 1. The van der Waals surface area contributed by atoms with E-state index in [1.54, 1.807) is 31.2 Å². The van der Waals surface area contributed by atoms with Crippen LogP contribution in [-0.4, -0.2) is 43.2 Å². The number of ether oxygens (including phenoxy) is 1. The number of carbonyl (C=O) groups excluding carboxylic acids is 2. The number of anilines is 1. The summed E-state index contributed by atoms with van der Waals surface area (Å²) in [5.74, 6) is -1.15. The van der Waals surface area contributed by atoms with Crippen molar-refractivity contribution in [2.75, 3.05) is 11.6 Å². The molecule has 210 valence electrons. The molecule has 0 aliphatic carbocycles. The Kier molecular flexibility index (Phi) is 11.1. The van der Waals surface area contributed by atoms with Crippen LogP contribution in [0.15, 0.2) is 62.7 Å². The molecule has 39 heavy (non-hydrogen) atoms. The lowest BCUT2D eigenvalue weighted by molar-refractivity contribution is -0.117. The largest absolute Gasteiger partial charge is 0.462 e. The Morgan fingerprint density at radius 3 is 2.44 bits per heavy atom. The molecule has 1 aliphatic rings. The molecule has 1 amide bonds. The fourth-order valence-electron chi connectivity index (χ4n) is 4.01. The van der Waals surface area contributed by atoms with Crippen molar-refractivity contribution in [2.45, 2.75) is 76.2 Å². The summed E-state index contributed by atoms with van der Waals surface area (Å²) in [7, 11) is -4.52. The van der Waals surface area contributed by atoms with Crippen LogP contribution in [0.3, 0.4) is 0 Å². The molecular weight excluding hydrogens is 544 g/mol. The van der Waals surface area contributed by atoms with E-state index in [2.05, 4.69) is 22.3 Å². The van der Waals surface area contributed by atoms with Gasteiger partial charge in [-0.15, -0.1) is 0 Å². The summed E-state index contributed by atoms with van der Waals surface area (Å²) in [4.78, 5) is 25.3.